The third-order valence-corrected chi connectivity index (χ3v) is 6.44. The van der Waals surface area contributed by atoms with E-state index in [0.29, 0.717) is 28.7 Å². The van der Waals surface area contributed by atoms with Crippen molar-refractivity contribution >= 4 is 44.4 Å². The third kappa shape index (κ3) is 5.59. The van der Waals surface area contributed by atoms with Gasteiger partial charge in [-0.2, -0.15) is 9.78 Å². The SMILES string of the molecule is CC[C@H](C)c1nc2ccc(Br)cc2c(=O)n1N=Cc1cccc([N+](=O)[O-])c1OCc1ccc([N+](=O)[O-])cc1. The molecule has 0 fully saturated rings. The highest BCUT2D eigenvalue weighted by molar-refractivity contribution is 9.10. The number of hydrogen-bond acceptors (Lipinski definition) is 8. The number of fused-ring (bicyclic) bond motifs is 1. The van der Waals surface area contributed by atoms with E-state index in [4.69, 9.17) is 4.74 Å². The Labute approximate surface area is 224 Å². The van der Waals surface area contributed by atoms with Crippen molar-refractivity contribution in [3.05, 3.63) is 113 Å². The highest BCUT2D eigenvalue weighted by atomic mass is 79.9. The minimum Gasteiger partial charge on any atom is -0.481 e. The molecule has 1 atom stereocenters. The summed E-state index contributed by atoms with van der Waals surface area (Å²) in [5.74, 6) is 0.326. The first-order chi connectivity index (χ1) is 18.2. The average molecular weight is 580 g/mol. The van der Waals surface area contributed by atoms with E-state index >= 15 is 0 Å². The monoisotopic (exact) mass is 579 g/mol. The van der Waals surface area contributed by atoms with Crippen LogP contribution in [0.25, 0.3) is 10.9 Å². The summed E-state index contributed by atoms with van der Waals surface area (Å²) in [5, 5.41) is 27.4. The Hall–Kier alpha value is -4.45. The maximum atomic E-state index is 13.4. The summed E-state index contributed by atoms with van der Waals surface area (Å²) >= 11 is 3.38. The minimum absolute atomic E-state index is 0.0470. The first-order valence-electron chi connectivity index (χ1n) is 11.6. The summed E-state index contributed by atoms with van der Waals surface area (Å²) in [7, 11) is 0. The molecule has 11 nitrogen and oxygen atoms in total. The van der Waals surface area contributed by atoms with Crippen molar-refractivity contribution in [2.75, 3.05) is 0 Å². The van der Waals surface area contributed by atoms with Gasteiger partial charge in [-0.1, -0.05) is 35.8 Å². The first-order valence-corrected chi connectivity index (χ1v) is 12.4. The van der Waals surface area contributed by atoms with Crippen LogP contribution < -0.4 is 10.3 Å². The summed E-state index contributed by atoms with van der Waals surface area (Å²) < 4.78 is 7.74. The maximum absolute atomic E-state index is 13.4. The van der Waals surface area contributed by atoms with E-state index < -0.39 is 9.85 Å². The molecular formula is C26H22BrN5O6. The topological polar surface area (TPSA) is 143 Å². The normalized spacial score (nSPS) is 12.1. The summed E-state index contributed by atoms with van der Waals surface area (Å²) in [6.07, 6.45) is 2.04. The van der Waals surface area contributed by atoms with Crippen molar-refractivity contribution in [3.63, 3.8) is 0 Å². The van der Waals surface area contributed by atoms with Crippen molar-refractivity contribution in [2.45, 2.75) is 32.8 Å². The summed E-state index contributed by atoms with van der Waals surface area (Å²) in [5.41, 5.74) is 0.662. The number of ether oxygens (including phenoxy) is 1. The van der Waals surface area contributed by atoms with Crippen LogP contribution >= 0.6 is 15.9 Å². The van der Waals surface area contributed by atoms with Crippen molar-refractivity contribution in [3.8, 4) is 5.75 Å². The van der Waals surface area contributed by atoms with Gasteiger partial charge < -0.3 is 4.74 Å². The van der Waals surface area contributed by atoms with E-state index in [2.05, 4.69) is 26.0 Å². The van der Waals surface area contributed by atoms with Crippen LogP contribution in [-0.4, -0.2) is 25.7 Å². The summed E-state index contributed by atoms with van der Waals surface area (Å²) in [6.45, 7) is 3.83. The van der Waals surface area contributed by atoms with E-state index in [9.17, 15) is 25.0 Å². The second-order valence-corrected chi connectivity index (χ2v) is 9.38. The number of hydrogen-bond donors (Lipinski definition) is 0. The number of nitro benzene ring substituents is 2. The van der Waals surface area contributed by atoms with Crippen molar-refractivity contribution < 1.29 is 14.6 Å². The molecule has 0 N–H and O–H groups in total. The van der Waals surface area contributed by atoms with Gasteiger partial charge in [-0.15, -0.1) is 0 Å². The van der Waals surface area contributed by atoms with Crippen LogP contribution in [0, 0.1) is 20.2 Å². The van der Waals surface area contributed by atoms with Gasteiger partial charge in [0.25, 0.3) is 11.2 Å². The third-order valence-electron chi connectivity index (χ3n) is 5.95. The zero-order valence-corrected chi connectivity index (χ0v) is 22.0. The predicted octanol–water partition coefficient (Wildman–Crippen LogP) is 5.95. The van der Waals surface area contributed by atoms with Gasteiger partial charge in [-0.3, -0.25) is 25.0 Å². The highest BCUT2D eigenvalue weighted by Crippen LogP contribution is 2.31. The van der Waals surface area contributed by atoms with Crippen LogP contribution in [0.1, 0.15) is 43.1 Å². The average Bonchev–Trinajstić information content (AvgIpc) is 2.91. The van der Waals surface area contributed by atoms with Gasteiger partial charge in [0.1, 0.15) is 12.4 Å². The van der Waals surface area contributed by atoms with E-state index in [1.54, 1.807) is 24.3 Å². The Kier molecular flexibility index (Phi) is 7.91. The van der Waals surface area contributed by atoms with Gasteiger partial charge in [-0.05, 0) is 48.4 Å². The molecule has 0 unspecified atom stereocenters. The number of para-hydroxylation sites is 1. The van der Waals surface area contributed by atoms with E-state index in [1.165, 1.54) is 47.3 Å². The number of halogens is 1. The fourth-order valence-corrected chi connectivity index (χ4v) is 4.07. The van der Waals surface area contributed by atoms with Gasteiger partial charge in [-0.25, -0.2) is 4.98 Å². The molecule has 1 aromatic heterocycles. The van der Waals surface area contributed by atoms with Gasteiger partial charge in [0.2, 0.25) is 5.75 Å². The molecule has 0 saturated carbocycles. The van der Waals surface area contributed by atoms with Gasteiger partial charge in [0.15, 0.2) is 0 Å². The Bertz CT molecular complexity index is 1620. The molecule has 3 aromatic carbocycles. The molecule has 0 aliphatic heterocycles. The molecule has 12 heteroatoms. The minimum atomic E-state index is -0.575. The lowest BCUT2D eigenvalue weighted by atomic mass is 10.1. The first kappa shape index (κ1) is 26.6. The van der Waals surface area contributed by atoms with Crippen LogP contribution in [0.3, 0.4) is 0 Å². The number of nitrogens with zero attached hydrogens (tertiary/aromatic N) is 5. The van der Waals surface area contributed by atoms with Crippen molar-refractivity contribution in [2.24, 2.45) is 5.10 Å². The van der Waals surface area contributed by atoms with Crippen LogP contribution in [-0.2, 0) is 6.61 Å². The second kappa shape index (κ2) is 11.3. The standard InChI is InChI=1S/C26H22BrN5O6/c1-3-16(2)25-29-22-12-9-19(27)13-21(22)26(33)30(25)28-14-18-5-4-6-23(32(36)37)24(18)38-15-17-7-10-20(11-8-17)31(34)35/h4-14,16H,3,15H2,1-2H3/t16-/m0/s1. The molecule has 4 aromatic rings. The predicted molar refractivity (Wildman–Crippen MR) is 146 cm³/mol. The lowest BCUT2D eigenvalue weighted by Crippen LogP contribution is -2.23. The number of non-ortho nitro benzene ring substituents is 1. The maximum Gasteiger partial charge on any atom is 0.311 e. The molecule has 0 aliphatic rings. The number of nitro groups is 2. The van der Waals surface area contributed by atoms with Crippen LogP contribution in [0.5, 0.6) is 5.75 Å². The molecule has 0 spiro atoms. The Morgan fingerprint density at radius 1 is 1.11 bits per heavy atom. The van der Waals surface area contributed by atoms with Gasteiger partial charge in [0, 0.05) is 34.2 Å². The van der Waals surface area contributed by atoms with E-state index in [0.717, 1.165) is 4.47 Å². The highest BCUT2D eigenvalue weighted by Gasteiger charge is 2.20. The number of rotatable bonds is 9. The lowest BCUT2D eigenvalue weighted by Gasteiger charge is -2.14. The smallest absolute Gasteiger partial charge is 0.311 e. The molecule has 0 saturated heterocycles. The zero-order valence-electron chi connectivity index (χ0n) is 20.4. The van der Waals surface area contributed by atoms with Gasteiger partial charge in [0.05, 0.1) is 27.0 Å². The van der Waals surface area contributed by atoms with E-state index in [-0.39, 0.29) is 40.8 Å². The fourth-order valence-electron chi connectivity index (χ4n) is 3.71. The Balaban J connectivity index is 1.76. The summed E-state index contributed by atoms with van der Waals surface area (Å²) in [4.78, 5) is 39.6. The number of aromatic nitrogens is 2. The van der Waals surface area contributed by atoms with Crippen LogP contribution in [0.15, 0.2) is 75.0 Å². The molecule has 0 aliphatic carbocycles. The fraction of sp³-hybridized carbons (Fsp3) is 0.192. The molecule has 0 radical (unpaired) electrons. The molecule has 4 rings (SSSR count). The molecule has 0 amide bonds. The van der Waals surface area contributed by atoms with E-state index in [1.807, 2.05) is 13.8 Å². The molecule has 38 heavy (non-hydrogen) atoms. The lowest BCUT2D eigenvalue weighted by molar-refractivity contribution is -0.386. The molecular weight excluding hydrogens is 558 g/mol. The van der Waals surface area contributed by atoms with Gasteiger partial charge >= 0.3 is 5.69 Å². The Morgan fingerprint density at radius 2 is 1.84 bits per heavy atom. The van der Waals surface area contributed by atoms with Crippen LogP contribution in [0.2, 0.25) is 0 Å². The van der Waals surface area contributed by atoms with Crippen molar-refractivity contribution in [1.82, 2.24) is 9.66 Å². The zero-order chi connectivity index (χ0) is 27.4. The van der Waals surface area contributed by atoms with Crippen LogP contribution in [0.4, 0.5) is 11.4 Å². The molecule has 194 valence electrons. The van der Waals surface area contributed by atoms with Crippen molar-refractivity contribution in [1.29, 1.82) is 0 Å². The second-order valence-electron chi connectivity index (χ2n) is 8.47. The summed E-state index contributed by atoms with van der Waals surface area (Å²) in [6, 6.07) is 15.3. The molecule has 0 bridgehead atoms. The number of benzene rings is 3. The quantitative estimate of drug-likeness (QED) is 0.135. The molecule has 1 heterocycles. The largest absolute Gasteiger partial charge is 0.481 e. The Morgan fingerprint density at radius 3 is 2.50 bits per heavy atom.